The van der Waals surface area contributed by atoms with Gasteiger partial charge in [-0.3, -0.25) is 9.52 Å². The summed E-state index contributed by atoms with van der Waals surface area (Å²) in [6.45, 7) is 2.03. The van der Waals surface area contributed by atoms with Gasteiger partial charge in [0.1, 0.15) is 10.6 Å². The predicted octanol–water partition coefficient (Wildman–Crippen LogP) is 4.80. The average molecular weight is 493 g/mol. The van der Waals surface area contributed by atoms with Crippen molar-refractivity contribution in [2.45, 2.75) is 24.4 Å². The molecule has 0 aliphatic carbocycles. The van der Waals surface area contributed by atoms with Gasteiger partial charge in [-0.05, 0) is 61.4 Å². The van der Waals surface area contributed by atoms with E-state index in [2.05, 4.69) is 10.0 Å². The molecule has 34 heavy (non-hydrogen) atoms. The summed E-state index contributed by atoms with van der Waals surface area (Å²) < 4.78 is 71.5. The number of carbonyl (C=O) groups excluding carboxylic acids is 1. The second kappa shape index (κ2) is 10.2. The summed E-state index contributed by atoms with van der Waals surface area (Å²) in [7, 11) is -2.73. The standard InChI is InChI=1S/C24H23F3N2O4S/c1-16-3-10-20(11-4-16)29-34(31,32)22-15-18(7-12-21(22)33-2)23(30)28-14-13-17-5-8-19(9-6-17)24(25,26)27/h3-12,15,29H,13-14H2,1-2H3,(H,28,30). The summed E-state index contributed by atoms with van der Waals surface area (Å²) in [6.07, 6.45) is -4.10. The largest absolute Gasteiger partial charge is 0.495 e. The lowest BCUT2D eigenvalue weighted by Crippen LogP contribution is -2.26. The van der Waals surface area contributed by atoms with Crippen LogP contribution in [0.3, 0.4) is 0 Å². The molecular formula is C24H23F3N2O4S. The number of carbonyl (C=O) groups is 1. The summed E-state index contributed by atoms with van der Waals surface area (Å²) in [5.41, 5.74) is 1.30. The van der Waals surface area contributed by atoms with E-state index in [1.807, 2.05) is 6.92 Å². The molecule has 3 aromatic rings. The number of halogens is 3. The van der Waals surface area contributed by atoms with Gasteiger partial charge in [0.25, 0.3) is 15.9 Å². The normalized spacial score (nSPS) is 11.7. The quantitative estimate of drug-likeness (QED) is 0.473. The Bertz CT molecular complexity index is 1260. The molecule has 0 fully saturated rings. The van der Waals surface area contributed by atoms with Crippen LogP contribution in [0.1, 0.15) is 27.0 Å². The number of rotatable bonds is 8. The van der Waals surface area contributed by atoms with E-state index >= 15 is 0 Å². The first kappa shape index (κ1) is 25.1. The highest BCUT2D eigenvalue weighted by molar-refractivity contribution is 7.92. The van der Waals surface area contributed by atoms with E-state index in [0.717, 1.165) is 17.7 Å². The van der Waals surface area contributed by atoms with E-state index in [-0.39, 0.29) is 22.8 Å². The maximum Gasteiger partial charge on any atom is 0.416 e. The number of nitrogens with one attached hydrogen (secondary N) is 2. The minimum absolute atomic E-state index is 0.0703. The first-order valence-electron chi connectivity index (χ1n) is 10.2. The van der Waals surface area contributed by atoms with Crippen LogP contribution in [0.5, 0.6) is 5.75 Å². The Hall–Kier alpha value is -3.53. The Morgan fingerprint density at radius 3 is 2.21 bits per heavy atom. The zero-order valence-electron chi connectivity index (χ0n) is 18.4. The van der Waals surface area contributed by atoms with Crippen LogP contribution >= 0.6 is 0 Å². The molecule has 0 aliphatic heterocycles. The number of hydrogen-bond donors (Lipinski definition) is 2. The lowest BCUT2D eigenvalue weighted by molar-refractivity contribution is -0.137. The van der Waals surface area contributed by atoms with Gasteiger partial charge in [-0.15, -0.1) is 0 Å². The van der Waals surface area contributed by atoms with Gasteiger partial charge in [0.05, 0.1) is 12.7 Å². The fraction of sp³-hybridized carbons (Fsp3) is 0.208. The van der Waals surface area contributed by atoms with Gasteiger partial charge in [-0.2, -0.15) is 13.2 Å². The van der Waals surface area contributed by atoms with Crippen LogP contribution in [-0.4, -0.2) is 28.0 Å². The highest BCUT2D eigenvalue weighted by Gasteiger charge is 2.29. The maximum absolute atomic E-state index is 12.9. The zero-order valence-corrected chi connectivity index (χ0v) is 19.3. The van der Waals surface area contributed by atoms with Crippen molar-refractivity contribution in [1.82, 2.24) is 5.32 Å². The molecule has 3 aromatic carbocycles. The lowest BCUT2D eigenvalue weighted by atomic mass is 10.1. The molecule has 2 N–H and O–H groups in total. The average Bonchev–Trinajstić information content (AvgIpc) is 2.79. The summed E-state index contributed by atoms with van der Waals surface area (Å²) >= 11 is 0. The molecule has 3 rings (SSSR count). The number of aryl methyl sites for hydroxylation is 1. The fourth-order valence-corrected chi connectivity index (χ4v) is 4.40. The van der Waals surface area contributed by atoms with Gasteiger partial charge in [0, 0.05) is 17.8 Å². The van der Waals surface area contributed by atoms with Crippen LogP contribution in [-0.2, 0) is 22.6 Å². The summed E-state index contributed by atoms with van der Waals surface area (Å²) in [4.78, 5) is 12.4. The van der Waals surface area contributed by atoms with Crippen LogP contribution in [0.4, 0.5) is 18.9 Å². The van der Waals surface area contributed by atoms with E-state index in [1.165, 1.54) is 37.4 Å². The number of methoxy groups -OCH3 is 1. The Morgan fingerprint density at radius 2 is 1.62 bits per heavy atom. The number of ether oxygens (including phenoxy) is 1. The van der Waals surface area contributed by atoms with Gasteiger partial charge in [-0.1, -0.05) is 29.8 Å². The first-order chi connectivity index (χ1) is 16.0. The molecule has 6 nitrogen and oxygen atoms in total. The summed E-state index contributed by atoms with van der Waals surface area (Å²) in [6, 6.07) is 15.5. The van der Waals surface area contributed by atoms with Crippen molar-refractivity contribution < 1.29 is 31.1 Å². The van der Waals surface area contributed by atoms with E-state index in [0.29, 0.717) is 17.7 Å². The number of anilines is 1. The van der Waals surface area contributed by atoms with Crippen LogP contribution < -0.4 is 14.8 Å². The number of hydrogen-bond acceptors (Lipinski definition) is 4. The topological polar surface area (TPSA) is 84.5 Å². The van der Waals surface area contributed by atoms with Gasteiger partial charge in [-0.25, -0.2) is 8.42 Å². The van der Waals surface area contributed by atoms with Crippen molar-refractivity contribution in [2.75, 3.05) is 18.4 Å². The molecule has 0 spiro atoms. The molecule has 0 unspecified atom stereocenters. The monoisotopic (exact) mass is 492 g/mol. The fourth-order valence-electron chi connectivity index (χ4n) is 3.14. The summed E-state index contributed by atoms with van der Waals surface area (Å²) in [5, 5.41) is 2.65. The first-order valence-corrected chi connectivity index (χ1v) is 11.7. The Labute approximate surface area is 195 Å². The molecule has 0 atom stereocenters. The van der Waals surface area contributed by atoms with E-state index in [1.54, 1.807) is 24.3 Å². The van der Waals surface area contributed by atoms with Crippen molar-refractivity contribution in [3.8, 4) is 5.75 Å². The second-order valence-electron chi connectivity index (χ2n) is 7.54. The van der Waals surface area contributed by atoms with E-state index in [4.69, 9.17) is 4.74 Å². The van der Waals surface area contributed by atoms with Gasteiger partial charge in [0.2, 0.25) is 0 Å². The van der Waals surface area contributed by atoms with E-state index < -0.39 is 27.7 Å². The minimum Gasteiger partial charge on any atom is -0.495 e. The van der Waals surface area contributed by atoms with Crippen LogP contribution in [0.25, 0.3) is 0 Å². The molecule has 0 aromatic heterocycles. The minimum atomic E-state index is -4.41. The molecule has 1 amide bonds. The molecule has 0 bridgehead atoms. The Morgan fingerprint density at radius 1 is 0.971 bits per heavy atom. The molecule has 0 saturated carbocycles. The van der Waals surface area contributed by atoms with E-state index in [9.17, 15) is 26.4 Å². The molecule has 0 radical (unpaired) electrons. The number of benzene rings is 3. The smallest absolute Gasteiger partial charge is 0.416 e. The molecule has 0 saturated heterocycles. The number of amides is 1. The molecular weight excluding hydrogens is 469 g/mol. The van der Waals surface area contributed by atoms with Crippen LogP contribution in [0.2, 0.25) is 0 Å². The Balaban J connectivity index is 1.70. The molecule has 0 aliphatic rings. The molecule has 0 heterocycles. The van der Waals surface area contributed by atoms with Crippen LogP contribution in [0.15, 0.2) is 71.6 Å². The highest BCUT2D eigenvalue weighted by Crippen LogP contribution is 2.29. The number of alkyl halides is 3. The van der Waals surface area contributed by atoms with Crippen molar-refractivity contribution in [3.63, 3.8) is 0 Å². The van der Waals surface area contributed by atoms with Crippen molar-refractivity contribution in [2.24, 2.45) is 0 Å². The van der Waals surface area contributed by atoms with Crippen molar-refractivity contribution in [1.29, 1.82) is 0 Å². The maximum atomic E-state index is 12.9. The van der Waals surface area contributed by atoms with Crippen molar-refractivity contribution in [3.05, 3.63) is 89.0 Å². The highest BCUT2D eigenvalue weighted by atomic mass is 32.2. The third-order valence-corrected chi connectivity index (χ3v) is 6.40. The SMILES string of the molecule is COc1ccc(C(=O)NCCc2ccc(C(F)(F)F)cc2)cc1S(=O)(=O)Nc1ccc(C)cc1. The summed E-state index contributed by atoms with van der Waals surface area (Å²) in [5.74, 6) is -0.456. The van der Waals surface area contributed by atoms with Gasteiger partial charge < -0.3 is 10.1 Å². The van der Waals surface area contributed by atoms with Crippen LogP contribution in [0, 0.1) is 6.92 Å². The second-order valence-corrected chi connectivity index (χ2v) is 9.19. The molecule has 180 valence electrons. The van der Waals surface area contributed by atoms with Gasteiger partial charge in [0.15, 0.2) is 0 Å². The zero-order chi connectivity index (χ0) is 24.9. The Kier molecular flexibility index (Phi) is 7.51. The third kappa shape index (κ3) is 6.28. The predicted molar refractivity (Wildman–Crippen MR) is 122 cm³/mol. The molecule has 10 heteroatoms. The third-order valence-electron chi connectivity index (χ3n) is 5.00. The lowest BCUT2D eigenvalue weighted by Gasteiger charge is -2.13. The number of sulfonamides is 1. The van der Waals surface area contributed by atoms with Gasteiger partial charge >= 0.3 is 6.18 Å². The van der Waals surface area contributed by atoms with Crippen molar-refractivity contribution >= 4 is 21.6 Å².